The molecule has 2 heterocycles. The first-order valence-corrected chi connectivity index (χ1v) is 12.2. The van der Waals surface area contributed by atoms with E-state index in [0.29, 0.717) is 28.5 Å². The molecule has 36 heavy (non-hydrogen) atoms. The number of carbonyl (C=O) groups is 2. The van der Waals surface area contributed by atoms with Crippen molar-refractivity contribution in [3.63, 3.8) is 0 Å². The van der Waals surface area contributed by atoms with Crippen molar-refractivity contribution in [1.82, 2.24) is 4.98 Å². The number of thiazole rings is 1. The number of anilines is 1. The van der Waals surface area contributed by atoms with Crippen LogP contribution < -0.4 is 19.1 Å². The molecule has 4 aromatic rings. The molecule has 1 aromatic heterocycles. The molecule has 0 saturated heterocycles. The van der Waals surface area contributed by atoms with E-state index in [9.17, 15) is 9.59 Å². The molecule has 5 rings (SSSR count). The molecule has 1 aliphatic heterocycles. The number of nitrogens with zero attached hydrogens (tertiary/aromatic N) is 2. The molecule has 0 bridgehead atoms. The minimum Gasteiger partial charge on any atom is -0.497 e. The molecule has 0 fully saturated rings. The van der Waals surface area contributed by atoms with Crippen molar-refractivity contribution in [3.8, 4) is 28.5 Å². The van der Waals surface area contributed by atoms with Gasteiger partial charge in [-0.1, -0.05) is 30.3 Å². The molecular formula is C28H24N2O5S. The van der Waals surface area contributed by atoms with Gasteiger partial charge in [0.25, 0.3) is 5.91 Å². The molecule has 3 aromatic carbocycles. The van der Waals surface area contributed by atoms with Crippen molar-refractivity contribution < 1.29 is 23.8 Å². The Morgan fingerprint density at radius 1 is 1.06 bits per heavy atom. The van der Waals surface area contributed by atoms with Gasteiger partial charge in [0, 0.05) is 23.4 Å². The summed E-state index contributed by atoms with van der Waals surface area (Å²) in [7, 11) is 3.04. The lowest BCUT2D eigenvalue weighted by atomic mass is 10.1. The zero-order valence-corrected chi connectivity index (χ0v) is 20.7. The molecule has 0 N–H and O–H groups in total. The van der Waals surface area contributed by atoms with E-state index in [0.717, 1.165) is 22.7 Å². The van der Waals surface area contributed by atoms with E-state index < -0.39 is 0 Å². The maximum atomic E-state index is 13.2. The first kappa shape index (κ1) is 23.6. The standard InChI is InChI=1S/C28H24N2O5S/c1-33-20-9-10-21(26(14-20)34-2)24(31)15-30-23-13-19(8-11-25(23)35-16-28(30)32)22-17-36-27(29-22)12-18-6-4-3-5-7-18/h3-11,13-14,17H,12,15-16H2,1-2H3. The van der Waals surface area contributed by atoms with Crippen LogP contribution in [-0.2, 0) is 11.2 Å². The second-order valence-corrected chi connectivity index (χ2v) is 9.17. The summed E-state index contributed by atoms with van der Waals surface area (Å²) < 4.78 is 16.2. The molecule has 0 saturated carbocycles. The smallest absolute Gasteiger partial charge is 0.265 e. The van der Waals surface area contributed by atoms with E-state index in [1.807, 2.05) is 41.8 Å². The number of fused-ring (bicyclic) bond motifs is 1. The van der Waals surface area contributed by atoms with E-state index in [1.165, 1.54) is 17.6 Å². The highest BCUT2D eigenvalue weighted by Gasteiger charge is 2.29. The number of benzene rings is 3. The number of rotatable bonds is 8. The Balaban J connectivity index is 1.41. The summed E-state index contributed by atoms with van der Waals surface area (Å²) in [5, 5.41) is 3.00. The van der Waals surface area contributed by atoms with Gasteiger partial charge >= 0.3 is 0 Å². The van der Waals surface area contributed by atoms with Crippen molar-refractivity contribution >= 4 is 28.7 Å². The number of carbonyl (C=O) groups excluding carboxylic acids is 2. The van der Waals surface area contributed by atoms with Gasteiger partial charge < -0.3 is 14.2 Å². The average molecular weight is 501 g/mol. The number of amides is 1. The number of ketones is 1. The molecule has 0 atom stereocenters. The van der Waals surface area contributed by atoms with Crippen LogP contribution in [0.4, 0.5) is 5.69 Å². The van der Waals surface area contributed by atoms with Crippen molar-refractivity contribution in [2.75, 3.05) is 32.3 Å². The van der Waals surface area contributed by atoms with Crippen LogP contribution in [0.2, 0.25) is 0 Å². The Morgan fingerprint density at radius 2 is 1.89 bits per heavy atom. The lowest BCUT2D eigenvalue weighted by molar-refractivity contribution is -0.121. The van der Waals surface area contributed by atoms with Gasteiger partial charge in [0.15, 0.2) is 12.4 Å². The Hall–Kier alpha value is -4.17. The van der Waals surface area contributed by atoms with Gasteiger partial charge in [-0.05, 0) is 35.9 Å². The summed E-state index contributed by atoms with van der Waals surface area (Å²) >= 11 is 1.59. The summed E-state index contributed by atoms with van der Waals surface area (Å²) in [6, 6.07) is 20.8. The van der Waals surface area contributed by atoms with E-state index in [4.69, 9.17) is 19.2 Å². The van der Waals surface area contributed by atoms with E-state index in [1.54, 1.807) is 36.6 Å². The fraction of sp³-hybridized carbons (Fsp3) is 0.179. The zero-order chi connectivity index (χ0) is 25.1. The Morgan fingerprint density at radius 3 is 2.67 bits per heavy atom. The van der Waals surface area contributed by atoms with Crippen LogP contribution in [0.3, 0.4) is 0 Å². The summed E-state index contributed by atoms with van der Waals surface area (Å²) in [6.07, 6.45) is 0.752. The summed E-state index contributed by atoms with van der Waals surface area (Å²) in [4.78, 5) is 32.3. The normalized spacial score (nSPS) is 12.6. The first-order chi connectivity index (χ1) is 17.6. The monoisotopic (exact) mass is 500 g/mol. The molecule has 0 unspecified atom stereocenters. The van der Waals surface area contributed by atoms with Gasteiger partial charge in [0.1, 0.15) is 17.2 Å². The third-order valence-electron chi connectivity index (χ3n) is 5.96. The lowest BCUT2D eigenvalue weighted by Gasteiger charge is -2.29. The lowest BCUT2D eigenvalue weighted by Crippen LogP contribution is -2.42. The molecule has 0 aliphatic carbocycles. The molecule has 7 nitrogen and oxygen atoms in total. The van der Waals surface area contributed by atoms with Crippen molar-refractivity contribution in [2.24, 2.45) is 0 Å². The molecule has 0 spiro atoms. The summed E-state index contributed by atoms with van der Waals surface area (Å²) in [5.41, 5.74) is 3.78. The van der Waals surface area contributed by atoms with Gasteiger partial charge in [-0.15, -0.1) is 11.3 Å². The number of ether oxygens (including phenoxy) is 3. The van der Waals surface area contributed by atoms with Crippen LogP contribution >= 0.6 is 11.3 Å². The minimum atomic E-state index is -0.288. The number of hydrogen-bond acceptors (Lipinski definition) is 7. The third kappa shape index (κ3) is 4.81. The van der Waals surface area contributed by atoms with Crippen LogP contribution in [0.5, 0.6) is 17.2 Å². The predicted octanol–water partition coefficient (Wildman–Crippen LogP) is 5.03. The molecular weight excluding hydrogens is 476 g/mol. The van der Waals surface area contributed by atoms with Crippen molar-refractivity contribution in [1.29, 1.82) is 0 Å². The highest BCUT2D eigenvalue weighted by Crippen LogP contribution is 2.37. The second kappa shape index (κ2) is 10.2. The highest BCUT2D eigenvalue weighted by molar-refractivity contribution is 7.10. The quantitative estimate of drug-likeness (QED) is 0.316. The number of Topliss-reactive ketones (excluding diaryl/α,β-unsaturated/α-hetero) is 1. The zero-order valence-electron chi connectivity index (χ0n) is 19.9. The third-order valence-corrected chi connectivity index (χ3v) is 6.81. The van der Waals surface area contributed by atoms with E-state index in [-0.39, 0.29) is 24.8 Å². The topological polar surface area (TPSA) is 78.0 Å². The maximum Gasteiger partial charge on any atom is 0.265 e. The molecule has 182 valence electrons. The predicted molar refractivity (Wildman–Crippen MR) is 139 cm³/mol. The number of methoxy groups -OCH3 is 2. The number of hydrogen-bond donors (Lipinski definition) is 0. The van der Waals surface area contributed by atoms with Crippen LogP contribution in [0.15, 0.2) is 72.1 Å². The largest absolute Gasteiger partial charge is 0.497 e. The first-order valence-electron chi connectivity index (χ1n) is 11.4. The van der Waals surface area contributed by atoms with Gasteiger partial charge in [-0.3, -0.25) is 14.5 Å². The van der Waals surface area contributed by atoms with Crippen LogP contribution in [0.1, 0.15) is 20.9 Å². The van der Waals surface area contributed by atoms with Crippen LogP contribution in [-0.4, -0.2) is 44.0 Å². The fourth-order valence-electron chi connectivity index (χ4n) is 4.09. The van der Waals surface area contributed by atoms with Crippen LogP contribution in [0.25, 0.3) is 11.3 Å². The van der Waals surface area contributed by atoms with Crippen LogP contribution in [0, 0.1) is 0 Å². The van der Waals surface area contributed by atoms with E-state index >= 15 is 0 Å². The summed E-state index contributed by atoms with van der Waals surface area (Å²) in [6.45, 7) is -0.269. The molecule has 1 aliphatic rings. The fourth-order valence-corrected chi connectivity index (χ4v) is 4.93. The maximum absolute atomic E-state index is 13.2. The molecule has 8 heteroatoms. The van der Waals surface area contributed by atoms with Gasteiger partial charge in [-0.25, -0.2) is 4.98 Å². The number of aromatic nitrogens is 1. The average Bonchev–Trinajstić information content (AvgIpc) is 3.38. The highest BCUT2D eigenvalue weighted by atomic mass is 32.1. The van der Waals surface area contributed by atoms with Gasteiger partial charge in [0.2, 0.25) is 0 Å². The second-order valence-electron chi connectivity index (χ2n) is 8.23. The van der Waals surface area contributed by atoms with Gasteiger partial charge in [0.05, 0.1) is 42.7 Å². The van der Waals surface area contributed by atoms with Crippen molar-refractivity contribution in [3.05, 3.63) is 88.2 Å². The Bertz CT molecular complexity index is 1420. The van der Waals surface area contributed by atoms with Gasteiger partial charge in [-0.2, -0.15) is 0 Å². The Labute approximate surface area is 212 Å². The summed E-state index contributed by atoms with van der Waals surface area (Å²) in [5.74, 6) is 0.981. The van der Waals surface area contributed by atoms with Crippen molar-refractivity contribution in [2.45, 2.75) is 6.42 Å². The molecule has 0 radical (unpaired) electrons. The SMILES string of the molecule is COc1ccc(C(=O)CN2C(=O)COc3ccc(-c4csc(Cc5ccccc5)n4)cc32)c(OC)c1. The van der Waals surface area contributed by atoms with E-state index in [2.05, 4.69) is 12.1 Å². The molecule has 1 amide bonds. The Kier molecular flexibility index (Phi) is 6.69. The minimum absolute atomic E-state index is 0.128.